The zero-order valence-corrected chi connectivity index (χ0v) is 7.02. The van der Waals surface area contributed by atoms with Crippen molar-refractivity contribution in [1.29, 1.82) is 5.26 Å². The second kappa shape index (κ2) is 3.31. The van der Waals surface area contributed by atoms with Gasteiger partial charge in [0, 0.05) is 5.02 Å². The molecule has 1 rings (SSSR count). The molecule has 0 unspecified atom stereocenters. The van der Waals surface area contributed by atoms with Gasteiger partial charge in [0.15, 0.2) is 0 Å². The van der Waals surface area contributed by atoms with Gasteiger partial charge in [-0.2, -0.15) is 5.26 Å². The number of rotatable bonds is 1. The highest BCUT2D eigenvalue weighted by molar-refractivity contribution is 6.75. The molecule has 0 saturated heterocycles. The number of hydrogen-bond donors (Lipinski definition) is 0. The van der Waals surface area contributed by atoms with Crippen molar-refractivity contribution < 1.29 is 12.9 Å². The van der Waals surface area contributed by atoms with Gasteiger partial charge in [-0.1, -0.05) is 23.1 Å². The van der Waals surface area contributed by atoms with Crippen LogP contribution in [0, 0.1) is 11.3 Å². The maximum atomic E-state index is 12.2. The molecule has 0 bridgehead atoms. The van der Waals surface area contributed by atoms with Crippen molar-refractivity contribution in [3.05, 3.63) is 28.8 Å². The minimum atomic E-state index is -5.09. The van der Waals surface area contributed by atoms with Crippen molar-refractivity contribution in [2.24, 2.45) is 0 Å². The summed E-state index contributed by atoms with van der Waals surface area (Å²) in [4.78, 5) is 0. The highest BCUT2D eigenvalue weighted by Crippen LogP contribution is 2.17. The van der Waals surface area contributed by atoms with Gasteiger partial charge in [0.05, 0.1) is 11.6 Å². The molecule has 0 fully saturated rings. The van der Waals surface area contributed by atoms with Crippen LogP contribution in [-0.2, 0) is 0 Å². The summed E-state index contributed by atoms with van der Waals surface area (Å²) < 4.78 is 36.5. The fraction of sp³-hybridized carbons (Fsp3) is 0. The molecule has 0 N–H and O–H groups in total. The molecule has 0 saturated carbocycles. The first-order chi connectivity index (χ1) is 5.95. The Bertz CT molecular complexity index is 369. The first-order valence-electron chi connectivity index (χ1n) is 3.34. The van der Waals surface area contributed by atoms with E-state index in [0.717, 1.165) is 18.2 Å². The predicted molar refractivity (Wildman–Crippen MR) is 44.9 cm³/mol. The molecule has 0 spiro atoms. The van der Waals surface area contributed by atoms with Crippen LogP contribution in [0.4, 0.5) is 12.9 Å². The number of nitrogens with zero attached hydrogens (tertiary/aromatic N) is 1. The Kier molecular flexibility index (Phi) is 2.53. The zero-order chi connectivity index (χ0) is 10.1. The lowest BCUT2D eigenvalue weighted by Gasteiger charge is -2.16. The third-order valence-electron chi connectivity index (χ3n) is 1.48. The molecule has 0 amide bonds. The van der Waals surface area contributed by atoms with Crippen LogP contribution in [0.3, 0.4) is 0 Å². The molecule has 0 atom stereocenters. The second-order valence-corrected chi connectivity index (χ2v) is 2.83. The lowest BCUT2D eigenvalue weighted by Crippen LogP contribution is -2.34. The van der Waals surface area contributed by atoms with Gasteiger partial charge in [-0.25, -0.2) is 0 Å². The fourth-order valence-electron chi connectivity index (χ4n) is 0.862. The Morgan fingerprint density at radius 2 is 1.92 bits per heavy atom. The van der Waals surface area contributed by atoms with E-state index in [1.165, 1.54) is 0 Å². The van der Waals surface area contributed by atoms with E-state index in [1.807, 2.05) is 0 Å². The van der Waals surface area contributed by atoms with Crippen molar-refractivity contribution >= 4 is 24.0 Å². The first-order valence-corrected chi connectivity index (χ1v) is 3.72. The van der Waals surface area contributed by atoms with Gasteiger partial charge in [0.2, 0.25) is 0 Å². The summed E-state index contributed by atoms with van der Waals surface area (Å²) in [6.45, 7) is -5.09. The van der Waals surface area contributed by atoms with Gasteiger partial charge in [-0.15, -0.1) is 0 Å². The molecule has 0 aliphatic carbocycles. The molecular formula is C7H3BClF3N-. The third-order valence-corrected chi connectivity index (χ3v) is 1.81. The number of hydrogen-bond acceptors (Lipinski definition) is 1. The molecule has 6 heteroatoms. The lowest BCUT2D eigenvalue weighted by atomic mass is 9.80. The van der Waals surface area contributed by atoms with Gasteiger partial charge in [-0.05, 0) is 12.1 Å². The van der Waals surface area contributed by atoms with Crippen molar-refractivity contribution in [3.63, 3.8) is 0 Å². The summed E-state index contributed by atoms with van der Waals surface area (Å²) in [5, 5.41) is 7.95. The molecule has 68 valence electrons. The zero-order valence-electron chi connectivity index (χ0n) is 6.27. The SMILES string of the molecule is N#Cc1ccc([B-](F)(F)F)c(Cl)c1. The third kappa shape index (κ3) is 2.16. The Morgan fingerprint density at radius 3 is 2.31 bits per heavy atom. The molecule has 13 heavy (non-hydrogen) atoms. The standard InChI is InChI=1S/C7H3BClF3N/c9-7-3-5(4-13)1-2-6(7)8(10,11)12/h1-3H/q-1. The molecule has 0 aliphatic heterocycles. The van der Waals surface area contributed by atoms with E-state index < -0.39 is 17.5 Å². The van der Waals surface area contributed by atoms with Gasteiger partial charge < -0.3 is 12.9 Å². The Balaban J connectivity index is 3.23. The van der Waals surface area contributed by atoms with Crippen molar-refractivity contribution in [2.45, 2.75) is 0 Å². The number of halogens is 4. The fourth-order valence-corrected chi connectivity index (χ4v) is 1.17. The maximum Gasteiger partial charge on any atom is 0.511 e. The van der Waals surface area contributed by atoms with Crippen LogP contribution in [0.2, 0.25) is 5.02 Å². The molecule has 0 aromatic heterocycles. The van der Waals surface area contributed by atoms with E-state index in [-0.39, 0.29) is 5.56 Å². The Hall–Kier alpha value is -1.15. The molecule has 0 aliphatic rings. The monoisotopic (exact) mass is 204 g/mol. The summed E-state index contributed by atoms with van der Waals surface area (Å²) >= 11 is 5.34. The van der Waals surface area contributed by atoms with Crippen LogP contribution in [0.15, 0.2) is 18.2 Å². The van der Waals surface area contributed by atoms with Crippen LogP contribution in [0.5, 0.6) is 0 Å². The van der Waals surface area contributed by atoms with Crippen molar-refractivity contribution in [1.82, 2.24) is 0 Å². The topological polar surface area (TPSA) is 23.8 Å². The predicted octanol–water partition coefficient (Wildman–Crippen LogP) is 2.27. The first kappa shape index (κ1) is 9.94. The van der Waals surface area contributed by atoms with Crippen LogP contribution >= 0.6 is 11.6 Å². The van der Waals surface area contributed by atoms with Crippen LogP contribution in [0.1, 0.15) is 5.56 Å². The van der Waals surface area contributed by atoms with Gasteiger partial charge >= 0.3 is 6.98 Å². The summed E-state index contributed by atoms with van der Waals surface area (Å²) in [6, 6.07) is 4.62. The normalized spacial score (nSPS) is 11.0. The highest BCUT2D eigenvalue weighted by atomic mass is 35.5. The molecule has 1 aromatic rings. The van der Waals surface area contributed by atoms with E-state index in [9.17, 15) is 12.9 Å². The maximum absolute atomic E-state index is 12.2. The van der Waals surface area contributed by atoms with Crippen molar-refractivity contribution in [2.75, 3.05) is 0 Å². The average Bonchev–Trinajstić information content (AvgIpc) is 2.01. The highest BCUT2D eigenvalue weighted by Gasteiger charge is 2.27. The van der Waals surface area contributed by atoms with E-state index in [2.05, 4.69) is 0 Å². The summed E-state index contributed by atoms with van der Waals surface area (Å²) in [6.07, 6.45) is 0. The van der Waals surface area contributed by atoms with Crippen molar-refractivity contribution in [3.8, 4) is 6.07 Å². The largest absolute Gasteiger partial charge is 0.511 e. The van der Waals surface area contributed by atoms with E-state index in [1.54, 1.807) is 6.07 Å². The molecule has 0 heterocycles. The minimum absolute atomic E-state index is 0.119. The van der Waals surface area contributed by atoms with Gasteiger partial charge in [0.25, 0.3) is 0 Å². The number of nitriles is 1. The van der Waals surface area contributed by atoms with Crippen LogP contribution in [-0.4, -0.2) is 6.98 Å². The smallest absolute Gasteiger partial charge is 0.445 e. The minimum Gasteiger partial charge on any atom is -0.445 e. The summed E-state index contributed by atoms with van der Waals surface area (Å²) in [5.41, 5.74) is -0.741. The molecule has 1 aromatic carbocycles. The van der Waals surface area contributed by atoms with Gasteiger partial charge in [-0.3, -0.25) is 0 Å². The molecule has 0 radical (unpaired) electrons. The average molecular weight is 204 g/mol. The molecular weight excluding hydrogens is 201 g/mol. The lowest BCUT2D eigenvalue weighted by molar-refractivity contribution is 0.501. The Labute approximate surface area is 77.8 Å². The van der Waals surface area contributed by atoms with E-state index >= 15 is 0 Å². The summed E-state index contributed by atoms with van der Waals surface area (Å²) in [5.74, 6) is 0. The Morgan fingerprint density at radius 1 is 1.31 bits per heavy atom. The van der Waals surface area contributed by atoms with Crippen LogP contribution < -0.4 is 5.46 Å². The van der Waals surface area contributed by atoms with E-state index in [0.29, 0.717) is 0 Å². The quantitative estimate of drug-likeness (QED) is 0.644. The molecule has 1 nitrogen and oxygen atoms in total. The number of benzene rings is 1. The van der Waals surface area contributed by atoms with E-state index in [4.69, 9.17) is 16.9 Å². The second-order valence-electron chi connectivity index (χ2n) is 2.42. The van der Waals surface area contributed by atoms with Gasteiger partial charge in [0.1, 0.15) is 0 Å². The summed E-state index contributed by atoms with van der Waals surface area (Å²) in [7, 11) is 0. The van der Waals surface area contributed by atoms with Crippen LogP contribution in [0.25, 0.3) is 0 Å².